The lowest BCUT2D eigenvalue weighted by atomic mass is 10.0. The molecule has 1 aromatic heterocycles. The fraction of sp³-hybridized carbons (Fsp3) is 0.353. The molecule has 1 heterocycles. The molecule has 2 rings (SSSR count). The number of carbonyl (C=O) groups is 1. The summed E-state index contributed by atoms with van der Waals surface area (Å²) in [5.41, 5.74) is 0.0127. The van der Waals surface area contributed by atoms with Crippen molar-refractivity contribution in [3.63, 3.8) is 0 Å². The maximum Gasteiger partial charge on any atom is 0.433 e. The number of halogens is 3. The monoisotopic (exact) mass is 386 g/mol. The van der Waals surface area contributed by atoms with Crippen molar-refractivity contribution in [2.24, 2.45) is 4.99 Å². The Hall–Kier alpha value is -2.29. The Kier molecular flexibility index (Phi) is 6.47. The highest BCUT2D eigenvalue weighted by atomic mass is 32.1. The SMILES string of the molecule is CCOC(=O)CN=C(CS)c1ccc(OC)c2nc(C(F)(F)F)ccc12. The number of aromatic nitrogens is 1. The van der Waals surface area contributed by atoms with E-state index >= 15 is 0 Å². The average molecular weight is 386 g/mol. The second-order valence-electron chi connectivity index (χ2n) is 5.13. The number of aliphatic imine (C=N–C) groups is 1. The second kappa shape index (κ2) is 8.39. The Bertz CT molecular complexity index is 838. The number of hydrogen-bond acceptors (Lipinski definition) is 6. The number of rotatable bonds is 6. The van der Waals surface area contributed by atoms with Gasteiger partial charge in [0, 0.05) is 16.7 Å². The van der Waals surface area contributed by atoms with Crippen LogP contribution in [0.25, 0.3) is 10.9 Å². The quantitative estimate of drug-likeness (QED) is 0.469. The summed E-state index contributed by atoms with van der Waals surface area (Å²) in [6.45, 7) is 1.72. The highest BCUT2D eigenvalue weighted by molar-refractivity contribution is 7.81. The van der Waals surface area contributed by atoms with Crippen LogP contribution >= 0.6 is 12.6 Å². The number of carbonyl (C=O) groups excluding carboxylic acids is 1. The first-order valence-electron chi connectivity index (χ1n) is 7.67. The third kappa shape index (κ3) is 4.46. The van der Waals surface area contributed by atoms with E-state index < -0.39 is 17.8 Å². The number of ether oxygens (including phenoxy) is 2. The van der Waals surface area contributed by atoms with E-state index in [0.717, 1.165) is 6.07 Å². The number of fused-ring (bicyclic) bond motifs is 1. The van der Waals surface area contributed by atoms with E-state index in [9.17, 15) is 18.0 Å². The first-order chi connectivity index (χ1) is 12.3. The fourth-order valence-electron chi connectivity index (χ4n) is 2.35. The first-order valence-corrected chi connectivity index (χ1v) is 8.30. The Labute approximate surface area is 153 Å². The van der Waals surface area contributed by atoms with E-state index in [1.165, 1.54) is 19.2 Å². The fourth-order valence-corrected chi connectivity index (χ4v) is 2.62. The normalized spacial score (nSPS) is 12.3. The number of benzene rings is 1. The van der Waals surface area contributed by atoms with Crippen molar-refractivity contribution in [2.75, 3.05) is 26.0 Å². The molecule has 0 saturated carbocycles. The molecule has 0 atom stereocenters. The molecule has 9 heteroatoms. The Balaban J connectivity index is 2.56. The minimum Gasteiger partial charge on any atom is -0.494 e. The van der Waals surface area contributed by atoms with Gasteiger partial charge in [-0.2, -0.15) is 25.8 Å². The number of methoxy groups -OCH3 is 1. The minimum absolute atomic E-state index is 0.0606. The zero-order valence-electron chi connectivity index (χ0n) is 14.1. The van der Waals surface area contributed by atoms with E-state index in [1.54, 1.807) is 13.0 Å². The van der Waals surface area contributed by atoms with Crippen LogP contribution in [0.1, 0.15) is 18.2 Å². The molecule has 0 unspecified atom stereocenters. The smallest absolute Gasteiger partial charge is 0.433 e. The molecule has 0 bridgehead atoms. The number of hydrogen-bond donors (Lipinski definition) is 1. The van der Waals surface area contributed by atoms with Crippen LogP contribution in [0.5, 0.6) is 5.75 Å². The summed E-state index contributed by atoms with van der Waals surface area (Å²) in [7, 11) is 1.35. The van der Waals surface area contributed by atoms with Gasteiger partial charge in [-0.25, -0.2) is 4.98 Å². The standard InChI is InChI=1S/C17H17F3N2O3S/c1-3-25-15(23)8-21-12(9-26)10-4-6-13(24-2)16-11(10)5-7-14(22-16)17(18,19)20/h4-7,26H,3,8-9H2,1-2H3. The minimum atomic E-state index is -4.57. The Morgan fingerprint density at radius 3 is 2.58 bits per heavy atom. The van der Waals surface area contributed by atoms with Crippen LogP contribution in [0.15, 0.2) is 29.3 Å². The maximum atomic E-state index is 13.0. The number of nitrogens with zero attached hydrogens (tertiary/aromatic N) is 2. The van der Waals surface area contributed by atoms with Crippen molar-refractivity contribution in [1.82, 2.24) is 4.98 Å². The molecule has 2 aromatic rings. The van der Waals surface area contributed by atoms with Gasteiger partial charge in [0.05, 0.1) is 19.4 Å². The number of alkyl halides is 3. The van der Waals surface area contributed by atoms with Crippen molar-refractivity contribution in [3.05, 3.63) is 35.5 Å². The van der Waals surface area contributed by atoms with Gasteiger partial charge in [-0.3, -0.25) is 9.79 Å². The van der Waals surface area contributed by atoms with Crippen LogP contribution < -0.4 is 4.74 Å². The molecular formula is C17H17F3N2O3S. The Morgan fingerprint density at radius 2 is 2.00 bits per heavy atom. The van der Waals surface area contributed by atoms with Gasteiger partial charge in [0.25, 0.3) is 0 Å². The molecule has 0 radical (unpaired) electrons. The lowest BCUT2D eigenvalue weighted by Gasteiger charge is -2.13. The van der Waals surface area contributed by atoms with E-state index in [0.29, 0.717) is 16.7 Å². The number of esters is 1. The molecule has 0 N–H and O–H groups in total. The molecule has 0 aliphatic carbocycles. The first kappa shape index (κ1) is 20.0. The predicted molar refractivity (Wildman–Crippen MR) is 95.2 cm³/mol. The van der Waals surface area contributed by atoms with Gasteiger partial charge in [0.2, 0.25) is 0 Å². The van der Waals surface area contributed by atoms with Gasteiger partial charge in [-0.05, 0) is 31.2 Å². The van der Waals surface area contributed by atoms with Crippen LogP contribution in [0, 0.1) is 0 Å². The van der Waals surface area contributed by atoms with Crippen LogP contribution in [0.3, 0.4) is 0 Å². The molecule has 140 valence electrons. The molecule has 0 fully saturated rings. The molecule has 0 saturated heterocycles. The van der Waals surface area contributed by atoms with E-state index in [-0.39, 0.29) is 30.2 Å². The van der Waals surface area contributed by atoms with Crippen LogP contribution in [0.4, 0.5) is 13.2 Å². The highest BCUT2D eigenvalue weighted by Gasteiger charge is 2.33. The maximum absolute atomic E-state index is 13.0. The molecule has 0 aliphatic rings. The zero-order valence-corrected chi connectivity index (χ0v) is 15.0. The van der Waals surface area contributed by atoms with Crippen molar-refractivity contribution >= 4 is 35.2 Å². The van der Waals surface area contributed by atoms with E-state index in [1.807, 2.05) is 0 Å². The molecule has 5 nitrogen and oxygen atoms in total. The summed E-state index contributed by atoms with van der Waals surface area (Å²) in [5.74, 6) is -0.108. The summed E-state index contributed by atoms with van der Waals surface area (Å²) >= 11 is 4.21. The van der Waals surface area contributed by atoms with Gasteiger partial charge in [0.1, 0.15) is 23.5 Å². The van der Waals surface area contributed by atoms with E-state index in [4.69, 9.17) is 9.47 Å². The van der Waals surface area contributed by atoms with E-state index in [2.05, 4.69) is 22.6 Å². The largest absolute Gasteiger partial charge is 0.494 e. The van der Waals surface area contributed by atoms with Gasteiger partial charge in [-0.1, -0.05) is 0 Å². The molecular weight excluding hydrogens is 369 g/mol. The third-order valence-electron chi connectivity index (χ3n) is 3.50. The third-order valence-corrected chi connectivity index (χ3v) is 3.80. The van der Waals surface area contributed by atoms with Crippen molar-refractivity contribution in [2.45, 2.75) is 13.1 Å². The van der Waals surface area contributed by atoms with Crippen molar-refractivity contribution in [1.29, 1.82) is 0 Å². The number of thiol groups is 1. The summed E-state index contributed by atoms with van der Waals surface area (Å²) in [6, 6.07) is 5.36. The summed E-state index contributed by atoms with van der Waals surface area (Å²) in [4.78, 5) is 19.4. The summed E-state index contributed by atoms with van der Waals surface area (Å²) in [6.07, 6.45) is -4.57. The van der Waals surface area contributed by atoms with Gasteiger partial charge in [0.15, 0.2) is 0 Å². The highest BCUT2D eigenvalue weighted by Crippen LogP contribution is 2.33. The molecule has 1 aromatic carbocycles. The average Bonchev–Trinajstić information content (AvgIpc) is 2.61. The topological polar surface area (TPSA) is 60.8 Å². The second-order valence-corrected chi connectivity index (χ2v) is 5.45. The Morgan fingerprint density at radius 1 is 1.27 bits per heavy atom. The van der Waals surface area contributed by atoms with Crippen molar-refractivity contribution in [3.8, 4) is 5.75 Å². The lowest BCUT2D eigenvalue weighted by Crippen LogP contribution is -2.13. The summed E-state index contributed by atoms with van der Waals surface area (Å²) < 4.78 is 48.9. The zero-order chi connectivity index (χ0) is 19.3. The van der Waals surface area contributed by atoms with Gasteiger partial charge in [-0.15, -0.1) is 0 Å². The molecule has 26 heavy (non-hydrogen) atoms. The van der Waals surface area contributed by atoms with Crippen LogP contribution in [-0.2, 0) is 15.7 Å². The number of pyridine rings is 1. The van der Waals surface area contributed by atoms with Gasteiger partial charge < -0.3 is 9.47 Å². The summed E-state index contributed by atoms with van der Waals surface area (Å²) in [5, 5.41) is 0.425. The predicted octanol–water partition coefficient (Wildman–Crippen LogP) is 3.54. The molecule has 0 aliphatic heterocycles. The van der Waals surface area contributed by atoms with Crippen molar-refractivity contribution < 1.29 is 27.4 Å². The molecule has 0 amide bonds. The van der Waals surface area contributed by atoms with Gasteiger partial charge >= 0.3 is 12.1 Å². The van der Waals surface area contributed by atoms with Crippen LogP contribution in [0.2, 0.25) is 0 Å². The lowest BCUT2D eigenvalue weighted by molar-refractivity contribution is -0.142. The van der Waals surface area contributed by atoms with Crippen LogP contribution in [-0.4, -0.2) is 42.7 Å². The molecule has 0 spiro atoms.